The van der Waals surface area contributed by atoms with Crippen molar-refractivity contribution in [1.29, 1.82) is 5.26 Å². The molecule has 0 amide bonds. The molecule has 3 heteroatoms. The molecule has 0 atom stereocenters. The number of benzene rings is 1. The average Bonchev–Trinajstić information content (AvgIpc) is 2.19. The summed E-state index contributed by atoms with van der Waals surface area (Å²) >= 11 is 0. The van der Waals surface area contributed by atoms with E-state index < -0.39 is 0 Å². The number of nitrogens with one attached hydrogen (secondary N) is 1. The van der Waals surface area contributed by atoms with Crippen molar-refractivity contribution in [3.8, 4) is 6.07 Å². The number of nitriles is 1. The fourth-order valence-electron chi connectivity index (χ4n) is 1.25. The van der Waals surface area contributed by atoms with Gasteiger partial charge in [-0.15, -0.1) is 0 Å². The van der Waals surface area contributed by atoms with E-state index in [2.05, 4.69) is 10.3 Å². The first kappa shape index (κ1) is 7.56. The Morgan fingerprint density at radius 1 is 1.38 bits per heavy atom. The topological polar surface area (TPSA) is 48.2 Å². The molecular weight excluding hydrogens is 162 g/mol. The summed E-state index contributed by atoms with van der Waals surface area (Å²) in [5.41, 5.74) is 2.66. The second-order valence-corrected chi connectivity index (χ2v) is 2.61. The summed E-state index contributed by atoms with van der Waals surface area (Å²) in [4.78, 5) is 4.14. The van der Waals surface area contributed by atoms with Gasteiger partial charge in [-0.05, 0) is 6.07 Å². The molecule has 1 aliphatic rings. The van der Waals surface area contributed by atoms with Crippen molar-refractivity contribution in [2.24, 2.45) is 4.99 Å². The van der Waals surface area contributed by atoms with Crippen molar-refractivity contribution >= 4 is 17.7 Å². The zero-order valence-electron chi connectivity index (χ0n) is 6.86. The summed E-state index contributed by atoms with van der Waals surface area (Å²) in [6.07, 6.45) is 3.06. The maximum atomic E-state index is 8.53. The minimum Gasteiger partial charge on any atom is -0.345 e. The second-order valence-electron chi connectivity index (χ2n) is 2.61. The van der Waals surface area contributed by atoms with Gasteiger partial charge in [0.15, 0.2) is 0 Å². The molecule has 0 aromatic heterocycles. The molecule has 13 heavy (non-hydrogen) atoms. The van der Waals surface area contributed by atoms with E-state index in [0.717, 1.165) is 16.9 Å². The third kappa shape index (κ3) is 1.30. The summed E-state index contributed by atoms with van der Waals surface area (Å²) < 4.78 is 0. The summed E-state index contributed by atoms with van der Waals surface area (Å²) in [6.45, 7) is 0. The van der Waals surface area contributed by atoms with Crippen LogP contribution >= 0.6 is 0 Å². The summed E-state index contributed by atoms with van der Waals surface area (Å²) in [5.74, 6) is 0. The van der Waals surface area contributed by atoms with Crippen molar-refractivity contribution in [2.75, 3.05) is 0 Å². The Morgan fingerprint density at radius 2 is 2.23 bits per heavy atom. The lowest BCUT2D eigenvalue weighted by Gasteiger charge is -2.13. The standard InChI is InChI=1S/C10H7N3/c11-6-5-10-8-3-1-2-4-9(8)12-7-13-10/h1-5,7H,(H,12,13)/b10-5-. The van der Waals surface area contributed by atoms with Crippen LogP contribution in [0.1, 0.15) is 5.56 Å². The molecule has 0 aliphatic carbocycles. The largest absolute Gasteiger partial charge is 0.345 e. The lowest BCUT2D eigenvalue weighted by Crippen LogP contribution is -2.12. The molecule has 62 valence electrons. The van der Waals surface area contributed by atoms with Crippen molar-refractivity contribution in [2.45, 2.75) is 0 Å². The van der Waals surface area contributed by atoms with E-state index in [1.165, 1.54) is 6.08 Å². The van der Waals surface area contributed by atoms with Crippen LogP contribution in [0, 0.1) is 11.3 Å². The maximum absolute atomic E-state index is 8.53. The van der Waals surface area contributed by atoms with Gasteiger partial charge in [-0.3, -0.25) is 0 Å². The fourth-order valence-corrected chi connectivity index (χ4v) is 1.25. The highest BCUT2D eigenvalue weighted by atomic mass is 15.0. The van der Waals surface area contributed by atoms with Gasteiger partial charge in [0.1, 0.15) is 0 Å². The molecule has 1 heterocycles. The fraction of sp³-hybridized carbons (Fsp3) is 0. The zero-order valence-corrected chi connectivity index (χ0v) is 6.86. The van der Waals surface area contributed by atoms with E-state index in [0.29, 0.717) is 0 Å². The van der Waals surface area contributed by atoms with Gasteiger partial charge in [-0.1, -0.05) is 18.2 Å². The van der Waals surface area contributed by atoms with Crippen LogP contribution in [0.5, 0.6) is 0 Å². The summed E-state index contributed by atoms with van der Waals surface area (Å²) in [7, 11) is 0. The Bertz CT molecular complexity index is 424. The van der Waals surface area contributed by atoms with Gasteiger partial charge < -0.3 is 5.32 Å². The second kappa shape index (κ2) is 3.11. The van der Waals surface area contributed by atoms with Crippen LogP contribution < -0.4 is 5.32 Å². The number of hydrogen-bond acceptors (Lipinski definition) is 3. The van der Waals surface area contributed by atoms with Gasteiger partial charge in [0, 0.05) is 11.6 Å². The molecule has 1 aromatic carbocycles. The molecule has 3 nitrogen and oxygen atoms in total. The molecule has 2 rings (SSSR count). The van der Waals surface area contributed by atoms with Crippen LogP contribution in [-0.2, 0) is 0 Å². The number of aliphatic imine (C=N–C) groups is 1. The van der Waals surface area contributed by atoms with Crippen molar-refractivity contribution in [3.63, 3.8) is 0 Å². The van der Waals surface area contributed by atoms with Crippen LogP contribution in [0.4, 0.5) is 5.69 Å². The van der Waals surface area contributed by atoms with E-state index in [1.54, 1.807) is 6.34 Å². The molecule has 0 unspecified atom stereocenters. The Labute approximate surface area is 76.0 Å². The third-order valence-corrected chi connectivity index (χ3v) is 1.83. The van der Waals surface area contributed by atoms with Crippen LogP contribution in [0.25, 0.3) is 5.70 Å². The van der Waals surface area contributed by atoms with Crippen molar-refractivity contribution < 1.29 is 0 Å². The highest BCUT2D eigenvalue weighted by Crippen LogP contribution is 2.26. The number of para-hydroxylation sites is 1. The van der Waals surface area contributed by atoms with Crippen LogP contribution in [0.2, 0.25) is 0 Å². The van der Waals surface area contributed by atoms with Crippen LogP contribution in [-0.4, -0.2) is 6.34 Å². The molecular formula is C10H7N3. The van der Waals surface area contributed by atoms with Gasteiger partial charge in [0.2, 0.25) is 0 Å². The minimum atomic E-state index is 0.799. The monoisotopic (exact) mass is 169 g/mol. The van der Waals surface area contributed by atoms with Gasteiger partial charge in [-0.25, -0.2) is 4.99 Å². The van der Waals surface area contributed by atoms with Gasteiger partial charge in [0.25, 0.3) is 0 Å². The van der Waals surface area contributed by atoms with Crippen molar-refractivity contribution in [1.82, 2.24) is 5.32 Å². The smallest absolute Gasteiger partial charge is 0.0934 e. The Hall–Kier alpha value is -2.08. The quantitative estimate of drug-likeness (QED) is 0.602. The molecule has 0 saturated carbocycles. The highest BCUT2D eigenvalue weighted by molar-refractivity contribution is 5.87. The number of allylic oxidation sites excluding steroid dienone is 1. The van der Waals surface area contributed by atoms with Crippen LogP contribution in [0.15, 0.2) is 35.3 Å². The first-order valence-electron chi connectivity index (χ1n) is 3.90. The Balaban J connectivity index is 2.57. The summed E-state index contributed by atoms with van der Waals surface area (Å²) in [5, 5.41) is 11.5. The molecule has 0 radical (unpaired) electrons. The maximum Gasteiger partial charge on any atom is 0.0934 e. The van der Waals surface area contributed by atoms with Gasteiger partial charge in [0.05, 0.1) is 23.8 Å². The normalized spacial score (nSPS) is 16.1. The number of fused-ring (bicyclic) bond motifs is 1. The molecule has 0 spiro atoms. The molecule has 0 bridgehead atoms. The number of hydrogen-bond donors (Lipinski definition) is 1. The first-order chi connectivity index (χ1) is 6.42. The SMILES string of the molecule is N#C/C=C1\NC=Nc2ccccc21. The summed E-state index contributed by atoms with van der Waals surface area (Å²) in [6, 6.07) is 9.68. The Kier molecular flexibility index (Phi) is 1.81. The predicted molar refractivity (Wildman–Crippen MR) is 51.3 cm³/mol. The van der Waals surface area contributed by atoms with Crippen LogP contribution in [0.3, 0.4) is 0 Å². The van der Waals surface area contributed by atoms with E-state index in [1.807, 2.05) is 30.3 Å². The lowest BCUT2D eigenvalue weighted by molar-refractivity contribution is 1.26. The van der Waals surface area contributed by atoms with E-state index in [-0.39, 0.29) is 0 Å². The highest BCUT2D eigenvalue weighted by Gasteiger charge is 2.08. The molecule has 1 aliphatic heterocycles. The third-order valence-electron chi connectivity index (χ3n) is 1.83. The predicted octanol–water partition coefficient (Wildman–Crippen LogP) is 1.81. The number of rotatable bonds is 0. The molecule has 0 fully saturated rings. The van der Waals surface area contributed by atoms with Gasteiger partial charge >= 0.3 is 0 Å². The lowest BCUT2D eigenvalue weighted by atomic mass is 10.1. The number of nitrogens with zero attached hydrogens (tertiary/aromatic N) is 2. The van der Waals surface area contributed by atoms with E-state index in [4.69, 9.17) is 5.26 Å². The first-order valence-corrected chi connectivity index (χ1v) is 3.90. The molecule has 1 N–H and O–H groups in total. The average molecular weight is 169 g/mol. The van der Waals surface area contributed by atoms with E-state index in [9.17, 15) is 0 Å². The Morgan fingerprint density at radius 3 is 3.08 bits per heavy atom. The molecule has 0 saturated heterocycles. The minimum absolute atomic E-state index is 0.799. The zero-order chi connectivity index (χ0) is 9.10. The molecule has 1 aromatic rings. The van der Waals surface area contributed by atoms with E-state index >= 15 is 0 Å². The van der Waals surface area contributed by atoms with Crippen molar-refractivity contribution in [3.05, 3.63) is 35.9 Å². The van der Waals surface area contributed by atoms with Gasteiger partial charge in [-0.2, -0.15) is 5.26 Å².